The number of hydrogen-bond donors (Lipinski definition) is 4. The maximum absolute atomic E-state index is 8.99. The monoisotopic (exact) mass is 758 g/mol. The summed E-state index contributed by atoms with van der Waals surface area (Å²) in [4.78, 5) is 17.1. The molecule has 4 aliphatic rings. The molecule has 6 aromatic rings. The highest BCUT2D eigenvalue weighted by atomic mass is 16.5. The first-order chi connectivity index (χ1) is 28.0. The van der Waals surface area contributed by atoms with Crippen LogP contribution in [0.15, 0.2) is 97.1 Å². The molecule has 4 aliphatic heterocycles. The van der Waals surface area contributed by atoms with Crippen LogP contribution in [0.25, 0.3) is 44.3 Å². The molecule has 4 aromatic carbocycles. The molecule has 0 amide bonds. The van der Waals surface area contributed by atoms with Crippen LogP contribution in [0.5, 0.6) is 11.5 Å². The first-order valence-electron chi connectivity index (χ1n) is 21.3. The second-order valence-electron chi connectivity index (χ2n) is 16.7. The van der Waals surface area contributed by atoms with Crippen molar-refractivity contribution in [2.75, 3.05) is 52.4 Å². The number of ether oxygens (including phenoxy) is 1. The number of fused-ring (bicyclic) bond motifs is 2. The predicted octanol–water partition coefficient (Wildman–Crippen LogP) is 9.55. The third-order valence-electron chi connectivity index (χ3n) is 13.2. The molecule has 0 atom stereocenters. The van der Waals surface area contributed by atoms with Gasteiger partial charge in [-0.15, -0.1) is 0 Å². The lowest BCUT2D eigenvalue weighted by atomic mass is 10.0. The second kappa shape index (κ2) is 15.5. The Hall–Kier alpha value is -5.38. The van der Waals surface area contributed by atoms with Crippen LogP contribution in [0.3, 0.4) is 0 Å². The summed E-state index contributed by atoms with van der Waals surface area (Å²) in [6.07, 6.45) is 9.96. The summed E-state index contributed by atoms with van der Waals surface area (Å²) in [5.41, 5.74) is 8.34. The van der Waals surface area contributed by atoms with E-state index in [9.17, 15) is 0 Å². The second-order valence-corrected chi connectivity index (χ2v) is 16.7. The summed E-state index contributed by atoms with van der Waals surface area (Å²) in [6, 6.07) is 34.9. The van der Waals surface area contributed by atoms with Crippen molar-refractivity contribution in [3.63, 3.8) is 0 Å². The third-order valence-corrected chi connectivity index (χ3v) is 13.2. The molecule has 0 aliphatic carbocycles. The maximum atomic E-state index is 8.99. The molecule has 2 aromatic heterocycles. The Bertz CT molecular complexity index is 2200. The number of rotatable bonds is 8. The topological polar surface area (TPSA) is 101 Å². The molecule has 9 nitrogen and oxygen atoms in total. The number of hydrogen-bond acceptors (Lipinski definition) is 5. The molecule has 0 bridgehead atoms. The fourth-order valence-electron chi connectivity index (χ4n) is 9.89. The molecule has 0 spiro atoms. The Morgan fingerprint density at radius 3 is 1.25 bits per heavy atom. The van der Waals surface area contributed by atoms with Crippen molar-refractivity contribution >= 4 is 33.5 Å². The molecule has 4 fully saturated rings. The summed E-state index contributed by atoms with van der Waals surface area (Å²) in [5.74, 6) is 2.84. The average molecular weight is 759 g/mol. The van der Waals surface area contributed by atoms with Crippen molar-refractivity contribution in [3.8, 4) is 34.0 Å². The zero-order valence-electron chi connectivity index (χ0n) is 32.9. The Labute approximate surface area is 335 Å². The molecular weight excluding hydrogens is 705 g/mol. The van der Waals surface area contributed by atoms with Gasteiger partial charge in [0.1, 0.15) is 23.2 Å². The number of nitrogens with one attached hydrogen (secondary N) is 4. The van der Waals surface area contributed by atoms with E-state index in [1.54, 1.807) is 0 Å². The minimum absolute atomic E-state index is 0.633. The van der Waals surface area contributed by atoms with Crippen molar-refractivity contribution in [1.29, 1.82) is 10.8 Å². The van der Waals surface area contributed by atoms with E-state index in [1.807, 2.05) is 24.3 Å². The van der Waals surface area contributed by atoms with Crippen LogP contribution in [-0.4, -0.2) is 106 Å². The van der Waals surface area contributed by atoms with Crippen LogP contribution in [0.4, 0.5) is 0 Å². The van der Waals surface area contributed by atoms with Gasteiger partial charge in [0.25, 0.3) is 0 Å². The van der Waals surface area contributed by atoms with E-state index < -0.39 is 0 Å². The normalized spacial score (nSPS) is 18.9. The number of H-pyrrole nitrogens is 2. The average Bonchev–Trinajstić information content (AvgIpc) is 4.11. The fraction of sp³-hybridized carbons (Fsp3) is 0.375. The van der Waals surface area contributed by atoms with Gasteiger partial charge in [0.2, 0.25) is 0 Å². The lowest BCUT2D eigenvalue weighted by Crippen LogP contribution is -2.45. The summed E-state index contributed by atoms with van der Waals surface area (Å²) in [7, 11) is 0. The number of amidine groups is 2. The SMILES string of the molecule is N=C(c1ccc2cc(-c3ccc(Oc4ccc(-c5cc6ccc(C(=N)N7CCC(N8CCCC8)CC7)cc6[nH]5)cc4)cc3)[nH]c2c1)N1CCC(N2CCCC2)CC1. The van der Waals surface area contributed by atoms with Crippen LogP contribution in [-0.2, 0) is 0 Å². The van der Waals surface area contributed by atoms with Crippen LogP contribution >= 0.6 is 0 Å². The van der Waals surface area contributed by atoms with Crippen molar-refractivity contribution in [2.45, 2.75) is 63.5 Å². The van der Waals surface area contributed by atoms with Gasteiger partial charge in [0.15, 0.2) is 0 Å². The molecule has 57 heavy (non-hydrogen) atoms. The van der Waals surface area contributed by atoms with E-state index in [2.05, 4.69) is 102 Å². The van der Waals surface area contributed by atoms with Crippen molar-refractivity contribution in [1.82, 2.24) is 29.6 Å². The molecule has 4 N–H and O–H groups in total. The molecular formula is C48H54N8O. The van der Waals surface area contributed by atoms with Crippen LogP contribution in [0.1, 0.15) is 62.5 Å². The lowest BCUT2D eigenvalue weighted by Gasteiger charge is -2.37. The van der Waals surface area contributed by atoms with Crippen molar-refractivity contribution < 1.29 is 4.74 Å². The van der Waals surface area contributed by atoms with Crippen LogP contribution < -0.4 is 4.74 Å². The number of aromatic amines is 2. The molecule has 0 radical (unpaired) electrons. The van der Waals surface area contributed by atoms with Gasteiger partial charge < -0.3 is 34.3 Å². The van der Waals surface area contributed by atoms with Crippen LogP contribution in [0.2, 0.25) is 0 Å². The third kappa shape index (κ3) is 7.46. The molecule has 9 heteroatoms. The molecule has 4 saturated heterocycles. The van der Waals surface area contributed by atoms with E-state index in [0.717, 1.165) is 119 Å². The highest BCUT2D eigenvalue weighted by molar-refractivity contribution is 6.01. The highest BCUT2D eigenvalue weighted by Gasteiger charge is 2.29. The largest absolute Gasteiger partial charge is 0.457 e. The number of benzene rings is 4. The van der Waals surface area contributed by atoms with Crippen molar-refractivity contribution in [3.05, 3.63) is 108 Å². The smallest absolute Gasteiger partial charge is 0.128 e. The van der Waals surface area contributed by atoms with E-state index in [1.165, 1.54) is 51.9 Å². The molecule has 292 valence electrons. The molecule has 10 rings (SSSR count). The summed E-state index contributed by atoms with van der Waals surface area (Å²) < 4.78 is 6.27. The van der Waals surface area contributed by atoms with Gasteiger partial charge in [-0.3, -0.25) is 10.8 Å². The maximum Gasteiger partial charge on any atom is 0.128 e. The molecule has 0 saturated carbocycles. The Kier molecular flexibility index (Phi) is 9.80. The number of nitrogens with zero attached hydrogens (tertiary/aromatic N) is 4. The number of likely N-dealkylation sites (tertiary alicyclic amines) is 4. The summed E-state index contributed by atoms with van der Waals surface area (Å²) in [5, 5.41) is 20.3. The Morgan fingerprint density at radius 2 is 0.860 bits per heavy atom. The standard InChI is InChI=1S/C48H54N8O/c49-47(55-25-17-39(18-26-55)53-21-1-2-22-53)37-7-5-35-29-43(51-45(35)31-37)33-9-13-41(14-10-33)57-42-15-11-34(12-16-42)44-30-36-6-8-38(32-46(36)52-44)48(50)56-27-19-40(20-28-56)54-23-3-4-24-54/h5-16,29-32,39-40,49-52H,1-4,17-28H2. The first kappa shape index (κ1) is 36.0. The van der Waals surface area contributed by atoms with E-state index >= 15 is 0 Å². The molecule has 6 heterocycles. The Balaban J connectivity index is 0.752. The van der Waals surface area contributed by atoms with Gasteiger partial charge >= 0.3 is 0 Å². The van der Waals surface area contributed by atoms with Gasteiger partial charge in [0.05, 0.1) is 0 Å². The quantitative estimate of drug-likeness (QED) is 0.0916. The summed E-state index contributed by atoms with van der Waals surface area (Å²) >= 11 is 0. The highest BCUT2D eigenvalue weighted by Crippen LogP contribution is 2.32. The Morgan fingerprint density at radius 1 is 0.474 bits per heavy atom. The predicted molar refractivity (Wildman–Crippen MR) is 232 cm³/mol. The minimum Gasteiger partial charge on any atom is -0.457 e. The number of aromatic nitrogens is 2. The van der Waals surface area contributed by atoms with Crippen molar-refractivity contribution in [2.24, 2.45) is 0 Å². The van der Waals surface area contributed by atoms with Crippen LogP contribution in [0, 0.1) is 10.8 Å². The van der Waals surface area contributed by atoms with E-state index in [-0.39, 0.29) is 0 Å². The first-order valence-corrected chi connectivity index (χ1v) is 21.3. The van der Waals surface area contributed by atoms with Gasteiger partial charge in [-0.1, -0.05) is 24.3 Å². The van der Waals surface area contributed by atoms with Gasteiger partial charge in [-0.05, 0) is 161 Å². The minimum atomic E-state index is 0.633. The van der Waals surface area contributed by atoms with E-state index in [0.29, 0.717) is 23.8 Å². The fourth-order valence-corrected chi connectivity index (χ4v) is 9.89. The lowest BCUT2D eigenvalue weighted by molar-refractivity contribution is 0.163. The van der Waals surface area contributed by atoms with Gasteiger partial charge in [-0.2, -0.15) is 0 Å². The number of piperidine rings is 2. The van der Waals surface area contributed by atoms with Gasteiger partial charge in [0, 0.05) is 82.6 Å². The molecule has 0 unspecified atom stereocenters. The van der Waals surface area contributed by atoms with Gasteiger partial charge in [-0.25, -0.2) is 0 Å². The van der Waals surface area contributed by atoms with E-state index in [4.69, 9.17) is 15.6 Å². The zero-order valence-corrected chi connectivity index (χ0v) is 32.9. The summed E-state index contributed by atoms with van der Waals surface area (Å²) in [6.45, 7) is 8.85. The zero-order chi connectivity index (χ0) is 38.3.